The van der Waals surface area contributed by atoms with E-state index in [2.05, 4.69) is 79.7 Å². The first-order valence-corrected chi connectivity index (χ1v) is 12.2. The molecule has 0 aliphatic rings. The van der Waals surface area contributed by atoms with Crippen LogP contribution in [0.4, 0.5) is 0 Å². The lowest BCUT2D eigenvalue weighted by atomic mass is 9.81. The zero-order valence-corrected chi connectivity index (χ0v) is 22.5. The Morgan fingerprint density at radius 1 is 0.400 bits per heavy atom. The lowest BCUT2D eigenvalue weighted by Gasteiger charge is -2.23. The minimum absolute atomic E-state index is 0.514. The first kappa shape index (κ1) is 28.2. The van der Waals surface area contributed by atoms with Crippen LogP contribution in [0.5, 0.6) is 0 Å². The molecule has 0 saturated heterocycles. The molecule has 0 aromatic heterocycles. The maximum atomic E-state index is 2.42. The highest BCUT2D eigenvalue weighted by molar-refractivity contribution is 6.07. The topological polar surface area (TPSA) is 0 Å². The molecule has 0 N–H and O–H groups in total. The molecule has 3 rings (SSSR count). The Hall–Kier alpha value is -1.82. The summed E-state index contributed by atoms with van der Waals surface area (Å²) in [5.74, 6) is 1.03. The maximum Gasteiger partial charge on any atom is -0.0137 e. The van der Waals surface area contributed by atoms with Gasteiger partial charge >= 0.3 is 0 Å². The van der Waals surface area contributed by atoms with Gasteiger partial charge in [0.2, 0.25) is 0 Å². The smallest absolute Gasteiger partial charge is 0.0137 e. The fraction of sp³-hybridized carbons (Fsp3) is 0.533. The van der Waals surface area contributed by atoms with Crippen LogP contribution in [0.2, 0.25) is 0 Å². The fourth-order valence-corrected chi connectivity index (χ4v) is 4.06. The van der Waals surface area contributed by atoms with Crippen LogP contribution in [-0.4, -0.2) is 0 Å². The normalized spacial score (nSPS) is 10.3. The van der Waals surface area contributed by atoms with Crippen molar-refractivity contribution in [2.24, 2.45) is 0 Å². The number of rotatable bonds is 2. The summed E-state index contributed by atoms with van der Waals surface area (Å²) in [6, 6.07) is 9.67. The number of hydrogen-bond donors (Lipinski definition) is 0. The molecule has 0 nitrogen and oxygen atoms in total. The highest BCUT2D eigenvalue weighted by Gasteiger charge is 2.19. The Morgan fingerprint density at radius 2 is 0.567 bits per heavy atom. The standard InChI is InChI=1S/C24H30.3C2H6/c1-13(2)23-19-9-15(5)17(7)11-21(19)24(14(3)4)22-12-18(8)16(6)10-20(22)23;3*1-2/h9-14H,1-8H3;3*1-2H3. The molecule has 0 saturated carbocycles. The largest absolute Gasteiger partial charge is 0.0683 e. The van der Waals surface area contributed by atoms with Crippen LogP contribution in [0, 0.1) is 27.7 Å². The van der Waals surface area contributed by atoms with E-state index >= 15 is 0 Å². The molecule has 3 aromatic carbocycles. The van der Waals surface area contributed by atoms with Crippen molar-refractivity contribution in [3.63, 3.8) is 0 Å². The third kappa shape index (κ3) is 5.65. The van der Waals surface area contributed by atoms with Gasteiger partial charge in [0.1, 0.15) is 0 Å². The molecule has 0 amide bonds. The molecule has 0 radical (unpaired) electrons. The Labute approximate surface area is 188 Å². The molecule has 0 spiro atoms. The number of benzene rings is 3. The van der Waals surface area contributed by atoms with Gasteiger partial charge in [0, 0.05) is 0 Å². The Balaban J connectivity index is 0.00000129. The van der Waals surface area contributed by atoms with Crippen LogP contribution in [0.1, 0.15) is 114 Å². The van der Waals surface area contributed by atoms with Gasteiger partial charge in [-0.2, -0.15) is 0 Å². The van der Waals surface area contributed by atoms with Gasteiger partial charge in [0.05, 0.1) is 0 Å². The van der Waals surface area contributed by atoms with Gasteiger partial charge in [0.25, 0.3) is 0 Å². The summed E-state index contributed by atoms with van der Waals surface area (Å²) in [7, 11) is 0. The highest BCUT2D eigenvalue weighted by Crippen LogP contribution is 2.41. The second-order valence-electron chi connectivity index (χ2n) is 8.10. The van der Waals surface area contributed by atoms with Crippen molar-refractivity contribution in [2.75, 3.05) is 0 Å². The zero-order valence-electron chi connectivity index (χ0n) is 22.5. The molecular formula is C30H48. The first-order valence-electron chi connectivity index (χ1n) is 12.2. The van der Waals surface area contributed by atoms with Crippen LogP contribution in [0.25, 0.3) is 21.5 Å². The second-order valence-corrected chi connectivity index (χ2v) is 8.10. The van der Waals surface area contributed by atoms with E-state index < -0.39 is 0 Å². The molecule has 0 heteroatoms. The van der Waals surface area contributed by atoms with E-state index in [4.69, 9.17) is 0 Å². The average Bonchev–Trinajstić information content (AvgIpc) is 2.72. The van der Waals surface area contributed by atoms with Crippen molar-refractivity contribution in [1.82, 2.24) is 0 Å². The summed E-state index contributed by atoms with van der Waals surface area (Å²) in [6.45, 7) is 30.2. The van der Waals surface area contributed by atoms with Crippen molar-refractivity contribution < 1.29 is 0 Å². The van der Waals surface area contributed by atoms with Crippen LogP contribution in [-0.2, 0) is 0 Å². The van der Waals surface area contributed by atoms with Gasteiger partial charge in [-0.3, -0.25) is 0 Å². The predicted octanol–water partition coefficient (Wildman–Crippen LogP) is 10.6. The van der Waals surface area contributed by atoms with E-state index in [0.29, 0.717) is 11.8 Å². The zero-order chi connectivity index (χ0) is 23.8. The molecule has 3 aromatic rings. The predicted molar refractivity (Wildman–Crippen MR) is 143 cm³/mol. The molecule has 0 aliphatic carbocycles. The quantitative estimate of drug-likeness (QED) is 0.370. The second kappa shape index (κ2) is 12.8. The van der Waals surface area contributed by atoms with Gasteiger partial charge in [-0.1, -0.05) is 93.5 Å². The van der Waals surface area contributed by atoms with Crippen molar-refractivity contribution >= 4 is 21.5 Å². The van der Waals surface area contributed by atoms with Crippen molar-refractivity contribution in [2.45, 2.75) is 109 Å². The summed E-state index contributed by atoms with van der Waals surface area (Å²) in [6.07, 6.45) is 0. The van der Waals surface area contributed by atoms with E-state index in [-0.39, 0.29) is 0 Å². The van der Waals surface area contributed by atoms with Crippen molar-refractivity contribution in [3.8, 4) is 0 Å². The summed E-state index contributed by atoms with van der Waals surface area (Å²) in [4.78, 5) is 0. The van der Waals surface area contributed by atoms with Gasteiger partial charge in [-0.05, 0) is 94.5 Å². The molecule has 0 heterocycles. The molecular weight excluding hydrogens is 360 g/mol. The lowest BCUT2D eigenvalue weighted by Crippen LogP contribution is -2.01. The van der Waals surface area contributed by atoms with E-state index in [0.717, 1.165) is 0 Å². The van der Waals surface area contributed by atoms with Crippen LogP contribution >= 0.6 is 0 Å². The molecule has 0 atom stereocenters. The fourth-order valence-electron chi connectivity index (χ4n) is 4.06. The lowest BCUT2D eigenvalue weighted by molar-refractivity contribution is 0.872. The van der Waals surface area contributed by atoms with Crippen LogP contribution in [0.15, 0.2) is 24.3 Å². The third-order valence-electron chi connectivity index (χ3n) is 5.58. The van der Waals surface area contributed by atoms with E-state index in [1.54, 1.807) is 0 Å². The molecule has 30 heavy (non-hydrogen) atoms. The minimum atomic E-state index is 0.514. The SMILES string of the molecule is CC.CC.CC.Cc1cc2c(C(C)C)c3cc(C)c(C)cc3c(C(C)C)c2cc1C. The Morgan fingerprint density at radius 3 is 0.700 bits per heavy atom. The molecule has 0 bridgehead atoms. The van der Waals surface area contributed by atoms with Crippen molar-refractivity contribution in [3.05, 3.63) is 57.6 Å². The number of hydrogen-bond acceptors (Lipinski definition) is 0. The summed E-state index contributed by atoms with van der Waals surface area (Å²) >= 11 is 0. The number of fused-ring (bicyclic) bond motifs is 2. The summed E-state index contributed by atoms with van der Waals surface area (Å²) in [5.41, 5.74) is 8.58. The monoisotopic (exact) mass is 408 g/mol. The highest BCUT2D eigenvalue weighted by atomic mass is 14.2. The first-order chi connectivity index (χ1) is 14.2. The van der Waals surface area contributed by atoms with Gasteiger partial charge in [-0.25, -0.2) is 0 Å². The molecule has 168 valence electrons. The van der Waals surface area contributed by atoms with E-state index in [1.165, 1.54) is 54.9 Å². The van der Waals surface area contributed by atoms with E-state index in [9.17, 15) is 0 Å². The molecule has 0 aliphatic heterocycles. The maximum absolute atomic E-state index is 2.42. The van der Waals surface area contributed by atoms with E-state index in [1.807, 2.05) is 41.5 Å². The molecule has 0 fully saturated rings. The average molecular weight is 409 g/mol. The summed E-state index contributed by atoms with van der Waals surface area (Å²) in [5, 5.41) is 5.81. The number of aryl methyl sites for hydroxylation is 4. The Bertz CT molecular complexity index is 793. The minimum Gasteiger partial charge on any atom is -0.0683 e. The van der Waals surface area contributed by atoms with Gasteiger partial charge < -0.3 is 0 Å². The third-order valence-corrected chi connectivity index (χ3v) is 5.58. The van der Waals surface area contributed by atoms with Crippen LogP contribution in [0.3, 0.4) is 0 Å². The van der Waals surface area contributed by atoms with Crippen LogP contribution < -0.4 is 0 Å². The van der Waals surface area contributed by atoms with Crippen molar-refractivity contribution in [1.29, 1.82) is 0 Å². The van der Waals surface area contributed by atoms with Gasteiger partial charge in [-0.15, -0.1) is 0 Å². The van der Waals surface area contributed by atoms with Gasteiger partial charge in [0.15, 0.2) is 0 Å². The summed E-state index contributed by atoms with van der Waals surface area (Å²) < 4.78 is 0. The Kier molecular flexibility index (Phi) is 12.0. The molecule has 0 unspecified atom stereocenters.